The number of nitrogens with one attached hydrogen (secondary N) is 2. The van der Waals surface area contributed by atoms with Crippen LogP contribution in [-0.4, -0.2) is 17.9 Å². The van der Waals surface area contributed by atoms with Gasteiger partial charge in [-0.1, -0.05) is 133 Å². The van der Waals surface area contributed by atoms with Gasteiger partial charge in [0, 0.05) is 22.4 Å². The first-order valence-corrected chi connectivity index (χ1v) is 16.2. The number of amidine groups is 2. The first-order chi connectivity index (χ1) is 23.3. The lowest BCUT2D eigenvalue weighted by molar-refractivity contribution is 0.204. The van der Waals surface area contributed by atoms with E-state index in [2.05, 4.69) is 138 Å². The number of hydrogen-bond donors (Lipinski definition) is 2. The summed E-state index contributed by atoms with van der Waals surface area (Å²) in [7, 11) is 0. The highest BCUT2D eigenvalue weighted by Crippen LogP contribution is 2.44. The molecule has 0 radical (unpaired) electrons. The van der Waals surface area contributed by atoms with Crippen LogP contribution in [0, 0.1) is 5.92 Å². The molecule has 226 valence electrons. The number of allylic oxidation sites excluding steroid dienone is 3. The van der Waals surface area contributed by atoms with Crippen molar-refractivity contribution in [3.05, 3.63) is 168 Å². The zero-order valence-corrected chi connectivity index (χ0v) is 25.7. The molecule has 2 heterocycles. The van der Waals surface area contributed by atoms with Gasteiger partial charge < -0.3 is 15.4 Å². The van der Waals surface area contributed by atoms with Crippen molar-refractivity contribution in [2.45, 2.75) is 18.8 Å². The Morgan fingerprint density at radius 2 is 1.40 bits per heavy atom. The summed E-state index contributed by atoms with van der Waals surface area (Å²) in [6.45, 7) is 0. The van der Waals surface area contributed by atoms with E-state index in [9.17, 15) is 0 Å². The second kappa shape index (κ2) is 11.5. The Morgan fingerprint density at radius 1 is 0.638 bits per heavy atom. The fourth-order valence-corrected chi connectivity index (χ4v) is 6.85. The van der Waals surface area contributed by atoms with Crippen molar-refractivity contribution in [1.29, 1.82) is 0 Å². The predicted octanol–water partition coefficient (Wildman–Crippen LogP) is 9.42. The summed E-state index contributed by atoms with van der Waals surface area (Å²) in [5.74, 6) is 2.72. The SMILES string of the molecule is C1=CCC(C2Nc3c(ccc4ccc5cc(C6N=C(c7cccc(-c8ccccc8)c7)N=C(c7ccccc7)N6)ccc5c34)O2)C=C1. The molecule has 3 aliphatic rings. The maximum absolute atomic E-state index is 6.43. The van der Waals surface area contributed by atoms with Gasteiger partial charge in [0.2, 0.25) is 0 Å². The van der Waals surface area contributed by atoms with Crippen molar-refractivity contribution in [3.63, 3.8) is 0 Å². The van der Waals surface area contributed by atoms with Gasteiger partial charge in [-0.3, -0.25) is 0 Å². The Hall–Kier alpha value is -5.94. The largest absolute Gasteiger partial charge is 0.468 e. The average Bonchev–Trinajstić information content (AvgIpc) is 3.60. The molecule has 1 aliphatic carbocycles. The second-order valence-electron chi connectivity index (χ2n) is 12.3. The zero-order chi connectivity index (χ0) is 31.2. The summed E-state index contributed by atoms with van der Waals surface area (Å²) < 4.78 is 6.43. The van der Waals surface area contributed by atoms with Crippen LogP contribution in [-0.2, 0) is 0 Å². The van der Waals surface area contributed by atoms with Gasteiger partial charge >= 0.3 is 0 Å². The molecular formula is C42H32N4O. The third kappa shape index (κ3) is 5.06. The Labute approximate surface area is 273 Å². The van der Waals surface area contributed by atoms with Crippen molar-refractivity contribution in [3.8, 4) is 16.9 Å². The minimum Gasteiger partial charge on any atom is -0.468 e. The van der Waals surface area contributed by atoms with Crippen molar-refractivity contribution >= 4 is 38.9 Å². The first-order valence-electron chi connectivity index (χ1n) is 16.2. The molecule has 5 nitrogen and oxygen atoms in total. The van der Waals surface area contributed by atoms with Gasteiger partial charge in [-0.15, -0.1) is 0 Å². The number of aliphatic imine (C=N–C) groups is 2. The minimum atomic E-state index is -0.309. The summed E-state index contributed by atoms with van der Waals surface area (Å²) in [6, 6.07) is 44.5. The van der Waals surface area contributed by atoms with E-state index in [1.807, 2.05) is 24.3 Å². The number of nitrogens with zero attached hydrogens (tertiary/aromatic N) is 2. The molecule has 0 saturated heterocycles. The topological polar surface area (TPSA) is 58.0 Å². The molecule has 9 rings (SSSR count). The van der Waals surface area contributed by atoms with Crippen LogP contribution in [0.2, 0.25) is 0 Å². The summed E-state index contributed by atoms with van der Waals surface area (Å²) >= 11 is 0. The van der Waals surface area contributed by atoms with E-state index in [1.165, 1.54) is 21.7 Å². The van der Waals surface area contributed by atoms with Crippen molar-refractivity contribution in [2.24, 2.45) is 15.9 Å². The fraction of sp³-hybridized carbons (Fsp3) is 0.0952. The molecule has 0 fully saturated rings. The molecule has 3 unspecified atom stereocenters. The van der Waals surface area contributed by atoms with E-state index < -0.39 is 0 Å². The number of anilines is 1. The summed E-state index contributed by atoms with van der Waals surface area (Å²) in [4.78, 5) is 10.2. The Balaban J connectivity index is 1.11. The summed E-state index contributed by atoms with van der Waals surface area (Å²) in [5.41, 5.74) is 6.46. The average molecular weight is 609 g/mol. The van der Waals surface area contributed by atoms with Crippen LogP contribution >= 0.6 is 0 Å². The van der Waals surface area contributed by atoms with Crippen molar-refractivity contribution in [2.75, 3.05) is 5.32 Å². The highest BCUT2D eigenvalue weighted by molar-refractivity contribution is 6.16. The van der Waals surface area contributed by atoms with Gasteiger partial charge in [-0.05, 0) is 57.5 Å². The van der Waals surface area contributed by atoms with E-state index >= 15 is 0 Å². The van der Waals surface area contributed by atoms with Gasteiger partial charge in [-0.25, -0.2) is 9.98 Å². The Morgan fingerprint density at radius 3 is 2.23 bits per heavy atom. The molecule has 3 atom stereocenters. The third-order valence-electron chi connectivity index (χ3n) is 9.26. The standard InChI is InChI=1S/C42H32N4O/c1-4-11-27(12-5-1)31-17-10-18-33(25-31)40-44-39(29-13-6-2-7-14-29)45-41(46-40)34-21-23-35-32(26-34)20-19-28-22-24-36-38(37(28)35)43-42(47-36)30-15-8-3-9-16-30/h1-15,17-26,30,41-43H,16H2,(H,44,45,46). The maximum Gasteiger partial charge on any atom is 0.176 e. The first kappa shape index (κ1) is 27.4. The lowest BCUT2D eigenvalue weighted by atomic mass is 9.97. The number of rotatable bonds is 5. The number of benzene rings is 6. The zero-order valence-electron chi connectivity index (χ0n) is 25.7. The molecule has 6 aromatic rings. The molecule has 0 bridgehead atoms. The van der Waals surface area contributed by atoms with Crippen LogP contribution in [0.5, 0.6) is 5.75 Å². The monoisotopic (exact) mass is 608 g/mol. The quantitative estimate of drug-likeness (QED) is 0.192. The van der Waals surface area contributed by atoms with E-state index in [0.29, 0.717) is 11.8 Å². The molecule has 0 aromatic heterocycles. The fourth-order valence-electron chi connectivity index (χ4n) is 6.85. The Bertz CT molecular complexity index is 2270. The van der Waals surface area contributed by atoms with Gasteiger partial charge in [0.15, 0.2) is 12.1 Å². The van der Waals surface area contributed by atoms with Crippen LogP contribution in [0.25, 0.3) is 32.7 Å². The molecule has 0 saturated carbocycles. The van der Waals surface area contributed by atoms with Gasteiger partial charge in [0.25, 0.3) is 0 Å². The predicted molar refractivity (Wildman–Crippen MR) is 193 cm³/mol. The van der Waals surface area contributed by atoms with E-state index in [0.717, 1.165) is 51.3 Å². The molecule has 5 heteroatoms. The highest BCUT2D eigenvalue weighted by Gasteiger charge is 2.30. The molecule has 6 aromatic carbocycles. The lowest BCUT2D eigenvalue weighted by Crippen LogP contribution is -2.33. The minimum absolute atomic E-state index is 0.0818. The van der Waals surface area contributed by atoms with E-state index in [1.54, 1.807) is 0 Å². The Kier molecular flexibility index (Phi) is 6.67. The molecule has 0 amide bonds. The van der Waals surface area contributed by atoms with E-state index in [4.69, 9.17) is 14.7 Å². The molecule has 2 aliphatic heterocycles. The molecular weight excluding hydrogens is 576 g/mol. The smallest absolute Gasteiger partial charge is 0.176 e. The van der Waals surface area contributed by atoms with Crippen LogP contribution in [0.3, 0.4) is 0 Å². The molecule has 0 spiro atoms. The van der Waals surface area contributed by atoms with Crippen molar-refractivity contribution in [1.82, 2.24) is 5.32 Å². The highest BCUT2D eigenvalue weighted by atomic mass is 16.5. The third-order valence-corrected chi connectivity index (χ3v) is 9.26. The number of ether oxygens (including phenoxy) is 1. The lowest BCUT2D eigenvalue weighted by Gasteiger charge is -2.24. The van der Waals surface area contributed by atoms with Gasteiger partial charge in [0.05, 0.1) is 5.69 Å². The van der Waals surface area contributed by atoms with Crippen LogP contribution in [0.4, 0.5) is 5.69 Å². The number of fused-ring (bicyclic) bond motifs is 5. The van der Waals surface area contributed by atoms with Crippen LogP contribution in [0.1, 0.15) is 29.3 Å². The van der Waals surface area contributed by atoms with E-state index in [-0.39, 0.29) is 12.4 Å². The molecule has 47 heavy (non-hydrogen) atoms. The normalized spacial score (nSPS) is 19.8. The summed E-state index contributed by atoms with van der Waals surface area (Å²) in [5, 5.41) is 12.1. The number of hydrogen-bond acceptors (Lipinski definition) is 5. The van der Waals surface area contributed by atoms with Gasteiger partial charge in [-0.2, -0.15) is 0 Å². The molecule has 2 N–H and O–H groups in total. The summed E-state index contributed by atoms with van der Waals surface area (Å²) in [6.07, 6.45) is 9.22. The van der Waals surface area contributed by atoms with Crippen molar-refractivity contribution < 1.29 is 4.74 Å². The maximum atomic E-state index is 6.43. The second-order valence-corrected chi connectivity index (χ2v) is 12.3. The van der Waals surface area contributed by atoms with Gasteiger partial charge in [0.1, 0.15) is 17.8 Å². The van der Waals surface area contributed by atoms with Crippen LogP contribution in [0.15, 0.2) is 162 Å². The van der Waals surface area contributed by atoms with Crippen LogP contribution < -0.4 is 15.4 Å².